The van der Waals surface area contributed by atoms with E-state index in [1.165, 1.54) is 0 Å². The van der Waals surface area contributed by atoms with Crippen molar-refractivity contribution < 1.29 is 19.1 Å². The highest BCUT2D eigenvalue weighted by atomic mass is 16.6. The molecule has 6 nitrogen and oxygen atoms in total. The van der Waals surface area contributed by atoms with Gasteiger partial charge in [0.2, 0.25) is 0 Å². The van der Waals surface area contributed by atoms with Gasteiger partial charge >= 0.3 is 5.97 Å². The summed E-state index contributed by atoms with van der Waals surface area (Å²) in [7, 11) is 1.59. The molecule has 0 aliphatic carbocycles. The topological polar surface area (TPSA) is 59.1 Å². The van der Waals surface area contributed by atoms with Crippen LogP contribution in [0.4, 0.5) is 34.1 Å². The first-order valence-corrected chi connectivity index (χ1v) is 17.7. The molecule has 0 unspecified atom stereocenters. The highest BCUT2D eigenvalue weighted by Crippen LogP contribution is 2.38. The first kappa shape index (κ1) is 35.8. The Labute approximate surface area is 306 Å². The van der Waals surface area contributed by atoms with Gasteiger partial charge in [0.15, 0.2) is 0 Å². The van der Waals surface area contributed by atoms with Gasteiger partial charge in [-0.1, -0.05) is 84.9 Å². The summed E-state index contributed by atoms with van der Waals surface area (Å²) < 4.78 is 10.2. The maximum absolute atomic E-state index is 12.1. The van der Waals surface area contributed by atoms with Gasteiger partial charge in [-0.2, -0.15) is 0 Å². The number of carbonyl (C=O) groups is 2. The monoisotopic (exact) mass is 688 g/mol. The molecule has 0 saturated carbocycles. The van der Waals surface area contributed by atoms with Crippen molar-refractivity contribution in [2.45, 2.75) is 32.6 Å². The Morgan fingerprint density at radius 3 is 1.21 bits per heavy atom. The first-order valence-electron chi connectivity index (χ1n) is 17.7. The molecule has 6 rings (SSSR count). The van der Waals surface area contributed by atoms with E-state index < -0.39 is 0 Å². The van der Waals surface area contributed by atoms with E-state index in [0.29, 0.717) is 25.9 Å². The van der Waals surface area contributed by atoms with Crippen molar-refractivity contribution in [3.63, 3.8) is 0 Å². The average Bonchev–Trinajstić information content (AvgIpc) is 3.19. The number of aryl methyl sites for hydroxylation is 2. The average molecular weight is 689 g/mol. The van der Waals surface area contributed by atoms with Crippen LogP contribution in [-0.4, -0.2) is 32.1 Å². The van der Waals surface area contributed by atoms with Crippen molar-refractivity contribution in [1.82, 2.24) is 0 Å². The largest absolute Gasteiger partial charge is 0.463 e. The fourth-order valence-corrected chi connectivity index (χ4v) is 6.16. The summed E-state index contributed by atoms with van der Waals surface area (Å²) in [6, 6.07) is 54.8. The molecule has 0 saturated heterocycles. The van der Waals surface area contributed by atoms with Crippen LogP contribution in [0.15, 0.2) is 158 Å². The molecule has 0 aliphatic rings. The van der Waals surface area contributed by atoms with E-state index in [1.807, 2.05) is 24.3 Å². The van der Waals surface area contributed by atoms with E-state index in [1.54, 1.807) is 14.0 Å². The molecule has 6 aromatic rings. The zero-order chi connectivity index (χ0) is 36.1. The number of ether oxygens (including phenoxy) is 2. The maximum atomic E-state index is 12.1. The summed E-state index contributed by atoms with van der Waals surface area (Å²) in [5.41, 5.74) is 10.8. The predicted octanol–water partition coefficient (Wildman–Crippen LogP) is 10.9. The second-order valence-corrected chi connectivity index (χ2v) is 12.7. The molecule has 0 heterocycles. The molecule has 0 aromatic heterocycles. The Balaban J connectivity index is 1.20. The van der Waals surface area contributed by atoms with Gasteiger partial charge in [0.05, 0.1) is 6.61 Å². The van der Waals surface area contributed by atoms with Crippen molar-refractivity contribution in [3.8, 4) is 11.1 Å². The number of anilines is 6. The van der Waals surface area contributed by atoms with Crippen molar-refractivity contribution in [3.05, 3.63) is 169 Å². The molecule has 6 heteroatoms. The number of methoxy groups -OCH3 is 1. The minimum Gasteiger partial charge on any atom is -0.463 e. The van der Waals surface area contributed by atoms with Crippen LogP contribution >= 0.6 is 0 Å². The van der Waals surface area contributed by atoms with Crippen LogP contribution in [0.5, 0.6) is 0 Å². The number of carbonyl (C=O) groups excluding carboxylic acids is 2. The zero-order valence-corrected chi connectivity index (χ0v) is 29.8. The normalized spacial score (nSPS) is 10.8. The van der Waals surface area contributed by atoms with Crippen molar-refractivity contribution >= 4 is 45.9 Å². The SMILES string of the molecule is COCCOC(=O)CCc1ccc(N(c2ccccc2)c2ccc(-c3ccc(N(c4ccccc4)c4ccc(CCC(C)=O)cc4)cc3)cc2)cc1. The summed E-state index contributed by atoms with van der Waals surface area (Å²) in [6.07, 6.45) is 2.25. The van der Waals surface area contributed by atoms with E-state index in [2.05, 4.69) is 143 Å². The van der Waals surface area contributed by atoms with Crippen molar-refractivity contribution in [2.24, 2.45) is 0 Å². The number of rotatable bonds is 16. The van der Waals surface area contributed by atoms with Gasteiger partial charge in [0.1, 0.15) is 12.4 Å². The third-order valence-electron chi connectivity index (χ3n) is 8.94. The number of Topliss-reactive ketones (excluding diaryl/α,β-unsaturated/α-hetero) is 1. The number of hydrogen-bond acceptors (Lipinski definition) is 6. The molecular formula is C46H44N2O4. The number of ketones is 1. The Morgan fingerprint density at radius 2 is 0.827 bits per heavy atom. The summed E-state index contributed by atoms with van der Waals surface area (Å²) in [5.74, 6) is -0.0145. The molecule has 0 bridgehead atoms. The lowest BCUT2D eigenvalue weighted by atomic mass is 10.0. The molecule has 0 spiro atoms. The Bertz CT molecular complexity index is 2010. The van der Waals surface area contributed by atoms with E-state index in [9.17, 15) is 9.59 Å². The van der Waals surface area contributed by atoms with Crippen LogP contribution in [0.25, 0.3) is 11.1 Å². The third-order valence-corrected chi connectivity index (χ3v) is 8.94. The lowest BCUT2D eigenvalue weighted by Gasteiger charge is -2.26. The molecule has 262 valence electrons. The standard InChI is InChI=1S/C46H44N2O4/c1-35(49)13-14-36-15-24-42(25-16-36)47(40-9-5-3-6-10-40)44-28-20-38(21-29-44)39-22-30-45(31-23-39)48(41-11-7-4-8-12-41)43-26-17-37(18-27-43)19-32-46(50)52-34-33-51-2/h3-12,15-18,20-31H,13-14,19,32-34H2,1-2H3. The van der Waals surface area contributed by atoms with Crippen molar-refractivity contribution in [1.29, 1.82) is 0 Å². The Kier molecular flexibility index (Phi) is 12.3. The lowest BCUT2D eigenvalue weighted by molar-refractivity contribution is -0.144. The minimum absolute atomic E-state index is 0.205. The second-order valence-electron chi connectivity index (χ2n) is 12.7. The van der Waals surface area contributed by atoms with Gasteiger partial charge in [0, 0.05) is 54.1 Å². The Hall–Kier alpha value is -5.98. The fourth-order valence-electron chi connectivity index (χ4n) is 6.16. The van der Waals surface area contributed by atoms with Crippen LogP contribution in [0, 0.1) is 0 Å². The number of para-hydroxylation sites is 2. The molecule has 0 radical (unpaired) electrons. The number of benzene rings is 6. The summed E-state index contributed by atoms with van der Waals surface area (Å²) in [6.45, 7) is 2.32. The summed E-state index contributed by atoms with van der Waals surface area (Å²) in [4.78, 5) is 28.1. The molecule has 0 amide bonds. The molecular weight excluding hydrogens is 645 g/mol. The van der Waals surface area contributed by atoms with Crippen LogP contribution in [0.2, 0.25) is 0 Å². The predicted molar refractivity (Wildman–Crippen MR) is 211 cm³/mol. The van der Waals surface area contributed by atoms with Gasteiger partial charge in [-0.05, 0) is 115 Å². The number of nitrogens with zero attached hydrogens (tertiary/aromatic N) is 2. The molecule has 0 fully saturated rings. The third kappa shape index (κ3) is 9.42. The lowest BCUT2D eigenvalue weighted by Crippen LogP contribution is -2.11. The van der Waals surface area contributed by atoms with Gasteiger partial charge < -0.3 is 24.1 Å². The van der Waals surface area contributed by atoms with Gasteiger partial charge in [-0.25, -0.2) is 0 Å². The fraction of sp³-hybridized carbons (Fsp3) is 0.174. The molecule has 52 heavy (non-hydrogen) atoms. The van der Waals surface area contributed by atoms with Gasteiger partial charge in [-0.3, -0.25) is 4.79 Å². The van der Waals surface area contributed by atoms with Crippen LogP contribution in [-0.2, 0) is 31.9 Å². The summed E-state index contributed by atoms with van der Waals surface area (Å²) >= 11 is 0. The first-order chi connectivity index (χ1) is 25.5. The van der Waals surface area contributed by atoms with Crippen molar-refractivity contribution in [2.75, 3.05) is 30.1 Å². The highest BCUT2D eigenvalue weighted by molar-refractivity contribution is 5.81. The minimum atomic E-state index is -0.219. The van der Waals surface area contributed by atoms with Crippen LogP contribution in [0.3, 0.4) is 0 Å². The van der Waals surface area contributed by atoms with Crippen LogP contribution in [0.1, 0.15) is 30.9 Å². The smallest absolute Gasteiger partial charge is 0.306 e. The highest BCUT2D eigenvalue weighted by Gasteiger charge is 2.15. The van der Waals surface area contributed by atoms with E-state index >= 15 is 0 Å². The van der Waals surface area contributed by atoms with Gasteiger partial charge in [0.25, 0.3) is 0 Å². The number of hydrogen-bond donors (Lipinski definition) is 0. The van der Waals surface area contributed by atoms with Gasteiger partial charge in [-0.15, -0.1) is 0 Å². The Morgan fingerprint density at radius 1 is 0.462 bits per heavy atom. The second kappa shape index (κ2) is 17.8. The molecule has 0 atom stereocenters. The zero-order valence-electron chi connectivity index (χ0n) is 29.8. The van der Waals surface area contributed by atoms with Crippen LogP contribution < -0.4 is 9.80 Å². The molecule has 6 aromatic carbocycles. The van der Waals surface area contributed by atoms with E-state index in [0.717, 1.165) is 62.8 Å². The van der Waals surface area contributed by atoms with E-state index in [4.69, 9.17) is 9.47 Å². The maximum Gasteiger partial charge on any atom is 0.306 e. The molecule has 0 N–H and O–H groups in total. The summed E-state index contributed by atoms with van der Waals surface area (Å²) in [5, 5.41) is 0. The van der Waals surface area contributed by atoms with E-state index in [-0.39, 0.29) is 18.4 Å². The quantitative estimate of drug-likeness (QED) is 0.0745. The number of esters is 1. The molecule has 0 aliphatic heterocycles.